The molecule has 1 heterocycles. The predicted octanol–water partition coefficient (Wildman–Crippen LogP) is 1.38. The average molecular weight is 236 g/mol. The zero-order valence-electron chi connectivity index (χ0n) is 9.68. The summed E-state index contributed by atoms with van der Waals surface area (Å²) in [5.74, 6) is -0.239. The molecule has 0 atom stereocenters. The van der Waals surface area contributed by atoms with Crippen molar-refractivity contribution < 1.29 is 9.13 Å². The fourth-order valence-electron chi connectivity index (χ4n) is 1.65. The summed E-state index contributed by atoms with van der Waals surface area (Å²) < 4.78 is 21.6. The molecule has 17 heavy (non-hydrogen) atoms. The number of hydrogen-bond donors (Lipinski definition) is 0. The first kappa shape index (κ1) is 11.4. The third-order valence-electron chi connectivity index (χ3n) is 2.62. The van der Waals surface area contributed by atoms with Crippen molar-refractivity contribution in [2.45, 2.75) is 6.54 Å². The maximum atomic E-state index is 13.8. The second-order valence-electron chi connectivity index (χ2n) is 3.75. The maximum Gasteiger partial charge on any atom is 0.328 e. The lowest BCUT2D eigenvalue weighted by Gasteiger charge is -2.07. The molecule has 1 aromatic heterocycles. The number of benzene rings is 1. The number of ether oxygens (including phenoxy) is 1. The van der Waals surface area contributed by atoms with Crippen LogP contribution in [0.4, 0.5) is 4.39 Å². The Balaban J connectivity index is 2.37. The van der Waals surface area contributed by atoms with Gasteiger partial charge in [0.15, 0.2) is 11.6 Å². The van der Waals surface area contributed by atoms with Crippen molar-refractivity contribution in [1.29, 1.82) is 0 Å². The first-order chi connectivity index (χ1) is 8.13. The Morgan fingerprint density at radius 1 is 1.35 bits per heavy atom. The average Bonchev–Trinajstić information content (AvgIpc) is 2.64. The lowest BCUT2D eigenvalue weighted by atomic mass is 10.2. The Bertz CT molecular complexity index is 586. The molecular formula is C12H13FN2O2. The minimum Gasteiger partial charge on any atom is -0.494 e. The Kier molecular flexibility index (Phi) is 2.99. The highest BCUT2D eigenvalue weighted by molar-refractivity contribution is 5.31. The van der Waals surface area contributed by atoms with Crippen molar-refractivity contribution in [3.8, 4) is 5.75 Å². The van der Waals surface area contributed by atoms with Crippen LogP contribution >= 0.6 is 0 Å². The van der Waals surface area contributed by atoms with E-state index in [0.717, 1.165) is 0 Å². The van der Waals surface area contributed by atoms with E-state index in [-0.39, 0.29) is 18.0 Å². The molecule has 0 aliphatic rings. The molecule has 0 fully saturated rings. The van der Waals surface area contributed by atoms with Gasteiger partial charge in [0, 0.05) is 25.0 Å². The number of aromatic nitrogens is 2. The van der Waals surface area contributed by atoms with E-state index in [2.05, 4.69) is 0 Å². The fraction of sp³-hybridized carbons (Fsp3) is 0.250. The quantitative estimate of drug-likeness (QED) is 0.807. The van der Waals surface area contributed by atoms with Gasteiger partial charge in [0.25, 0.3) is 0 Å². The molecule has 0 aliphatic carbocycles. The smallest absolute Gasteiger partial charge is 0.328 e. The third kappa shape index (κ3) is 2.08. The zero-order chi connectivity index (χ0) is 12.4. The Hall–Kier alpha value is -2.04. The topological polar surface area (TPSA) is 36.2 Å². The van der Waals surface area contributed by atoms with Crippen molar-refractivity contribution in [2.24, 2.45) is 7.05 Å². The summed E-state index contributed by atoms with van der Waals surface area (Å²) in [6.45, 7) is 0.197. The van der Waals surface area contributed by atoms with Gasteiger partial charge in [-0.15, -0.1) is 0 Å². The molecule has 0 N–H and O–H groups in total. The molecule has 0 saturated carbocycles. The Morgan fingerprint density at radius 3 is 2.71 bits per heavy atom. The van der Waals surface area contributed by atoms with Crippen LogP contribution in [-0.4, -0.2) is 16.2 Å². The number of nitrogens with zero attached hydrogens (tertiary/aromatic N) is 2. The summed E-state index contributed by atoms with van der Waals surface area (Å²) >= 11 is 0. The van der Waals surface area contributed by atoms with Crippen LogP contribution in [-0.2, 0) is 13.6 Å². The van der Waals surface area contributed by atoms with E-state index < -0.39 is 5.82 Å². The highest BCUT2D eigenvalue weighted by Crippen LogP contribution is 2.20. The number of hydrogen-bond acceptors (Lipinski definition) is 2. The molecule has 0 saturated heterocycles. The minimum atomic E-state index is -0.425. The van der Waals surface area contributed by atoms with Gasteiger partial charge in [-0.25, -0.2) is 9.18 Å². The normalized spacial score (nSPS) is 10.5. The van der Waals surface area contributed by atoms with Gasteiger partial charge in [-0.2, -0.15) is 0 Å². The third-order valence-corrected chi connectivity index (χ3v) is 2.62. The summed E-state index contributed by atoms with van der Waals surface area (Å²) in [5.41, 5.74) is 0.255. The number of rotatable bonds is 3. The van der Waals surface area contributed by atoms with Gasteiger partial charge in [0.05, 0.1) is 13.7 Å². The molecule has 0 amide bonds. The first-order valence-electron chi connectivity index (χ1n) is 5.16. The maximum absolute atomic E-state index is 13.8. The molecule has 2 aromatic rings. The van der Waals surface area contributed by atoms with Gasteiger partial charge in [-0.05, 0) is 6.07 Å². The molecular weight excluding hydrogens is 223 g/mol. The van der Waals surface area contributed by atoms with E-state index in [0.29, 0.717) is 5.56 Å². The van der Waals surface area contributed by atoms with Crippen LogP contribution < -0.4 is 10.4 Å². The van der Waals surface area contributed by atoms with Gasteiger partial charge >= 0.3 is 5.69 Å². The van der Waals surface area contributed by atoms with Gasteiger partial charge in [-0.3, -0.25) is 4.57 Å². The summed E-state index contributed by atoms with van der Waals surface area (Å²) in [6.07, 6.45) is 3.27. The number of imidazole rings is 1. The van der Waals surface area contributed by atoms with Crippen LogP contribution in [0.25, 0.3) is 0 Å². The molecule has 0 radical (unpaired) electrons. The Labute approximate surface area is 97.9 Å². The second kappa shape index (κ2) is 4.45. The summed E-state index contributed by atoms with van der Waals surface area (Å²) in [4.78, 5) is 11.6. The summed E-state index contributed by atoms with van der Waals surface area (Å²) in [6, 6.07) is 4.88. The lowest BCUT2D eigenvalue weighted by Crippen LogP contribution is -2.22. The molecule has 2 rings (SSSR count). The molecule has 0 aliphatic heterocycles. The first-order valence-corrected chi connectivity index (χ1v) is 5.16. The molecule has 0 spiro atoms. The van der Waals surface area contributed by atoms with Crippen molar-refractivity contribution >= 4 is 0 Å². The van der Waals surface area contributed by atoms with E-state index in [9.17, 15) is 9.18 Å². The highest BCUT2D eigenvalue weighted by Gasteiger charge is 2.10. The van der Waals surface area contributed by atoms with Crippen LogP contribution in [0.15, 0.2) is 35.4 Å². The molecule has 5 heteroatoms. The Morgan fingerprint density at radius 2 is 2.12 bits per heavy atom. The zero-order valence-corrected chi connectivity index (χ0v) is 9.68. The van der Waals surface area contributed by atoms with E-state index in [4.69, 9.17) is 4.74 Å². The van der Waals surface area contributed by atoms with Gasteiger partial charge in [0.1, 0.15) is 0 Å². The van der Waals surface area contributed by atoms with Crippen LogP contribution in [0.5, 0.6) is 5.75 Å². The monoisotopic (exact) mass is 236 g/mol. The highest BCUT2D eigenvalue weighted by atomic mass is 19.1. The molecule has 90 valence electrons. The molecule has 0 unspecified atom stereocenters. The van der Waals surface area contributed by atoms with Crippen LogP contribution in [0.3, 0.4) is 0 Å². The number of halogens is 1. The molecule has 4 nitrogen and oxygen atoms in total. The van der Waals surface area contributed by atoms with Crippen LogP contribution in [0.1, 0.15) is 5.56 Å². The van der Waals surface area contributed by atoms with Crippen molar-refractivity contribution in [3.05, 3.63) is 52.5 Å². The van der Waals surface area contributed by atoms with Crippen LogP contribution in [0, 0.1) is 5.82 Å². The second-order valence-corrected chi connectivity index (χ2v) is 3.75. The van der Waals surface area contributed by atoms with E-state index in [1.165, 1.54) is 16.2 Å². The number of aryl methyl sites for hydroxylation is 1. The van der Waals surface area contributed by atoms with E-state index >= 15 is 0 Å². The van der Waals surface area contributed by atoms with Crippen molar-refractivity contribution in [2.75, 3.05) is 7.11 Å². The van der Waals surface area contributed by atoms with Gasteiger partial charge in [0.2, 0.25) is 0 Å². The minimum absolute atomic E-state index is 0.174. The van der Waals surface area contributed by atoms with Gasteiger partial charge in [-0.1, -0.05) is 12.1 Å². The largest absolute Gasteiger partial charge is 0.494 e. The molecule has 0 bridgehead atoms. The van der Waals surface area contributed by atoms with Crippen molar-refractivity contribution in [3.63, 3.8) is 0 Å². The predicted molar refractivity (Wildman–Crippen MR) is 61.7 cm³/mol. The van der Waals surface area contributed by atoms with E-state index in [1.807, 2.05) is 0 Å². The summed E-state index contributed by atoms with van der Waals surface area (Å²) in [7, 11) is 3.07. The standard InChI is InChI=1S/C12H13FN2O2/c1-14-6-7-15(12(14)16)8-9-4-3-5-10(17-2)11(9)13/h3-7H,8H2,1-2H3. The SMILES string of the molecule is COc1cccc(Cn2ccn(C)c2=O)c1F. The van der Waals surface area contributed by atoms with Gasteiger partial charge < -0.3 is 9.30 Å². The summed E-state index contributed by atoms with van der Waals surface area (Å²) in [5, 5.41) is 0. The number of methoxy groups -OCH3 is 1. The lowest BCUT2D eigenvalue weighted by molar-refractivity contribution is 0.383. The van der Waals surface area contributed by atoms with Crippen molar-refractivity contribution in [1.82, 2.24) is 9.13 Å². The van der Waals surface area contributed by atoms with E-state index in [1.54, 1.807) is 37.6 Å². The van der Waals surface area contributed by atoms with Crippen LogP contribution in [0.2, 0.25) is 0 Å². The molecule has 1 aromatic carbocycles. The fourth-order valence-corrected chi connectivity index (χ4v) is 1.65.